The lowest BCUT2D eigenvalue weighted by atomic mass is 9.98. The van der Waals surface area contributed by atoms with Crippen LogP contribution in [0.4, 0.5) is 4.39 Å². The minimum Gasteiger partial charge on any atom is -0.466 e. The Hall–Kier alpha value is -1.32. The Bertz CT molecular complexity index is 609. The number of hydrogen-bond acceptors (Lipinski definition) is 2. The van der Waals surface area contributed by atoms with Gasteiger partial charge in [0.25, 0.3) is 0 Å². The zero-order valence-electron chi connectivity index (χ0n) is 12.7. The Morgan fingerprint density at radius 3 is 2.67 bits per heavy atom. The molecule has 4 heteroatoms. The predicted octanol–water partition coefficient (Wildman–Crippen LogP) is 4.97. The Labute approximate surface area is 130 Å². The summed E-state index contributed by atoms with van der Waals surface area (Å²) in [5.41, 5.74) is 1.70. The second-order valence-electron chi connectivity index (χ2n) is 5.32. The highest BCUT2D eigenvalue weighted by atomic mass is 35.5. The Morgan fingerprint density at radius 2 is 2.05 bits per heavy atom. The summed E-state index contributed by atoms with van der Waals surface area (Å²) in [4.78, 5) is 0. The third kappa shape index (κ3) is 4.08. The SMILES string of the molecule is CCCNC(Cc1cc(Cl)ccc1F)c1cc(C)oc1C. The normalized spacial score (nSPS) is 12.6. The molecule has 21 heavy (non-hydrogen) atoms. The molecule has 0 aliphatic rings. The van der Waals surface area contributed by atoms with Gasteiger partial charge in [0.1, 0.15) is 17.3 Å². The van der Waals surface area contributed by atoms with E-state index in [9.17, 15) is 4.39 Å². The topological polar surface area (TPSA) is 25.2 Å². The highest BCUT2D eigenvalue weighted by Gasteiger charge is 2.19. The number of aryl methyl sites for hydroxylation is 2. The van der Waals surface area contributed by atoms with Gasteiger partial charge in [0.05, 0.1) is 0 Å². The van der Waals surface area contributed by atoms with Gasteiger partial charge in [-0.3, -0.25) is 0 Å². The molecule has 2 rings (SSSR count). The molecule has 1 unspecified atom stereocenters. The maximum Gasteiger partial charge on any atom is 0.126 e. The van der Waals surface area contributed by atoms with Crippen molar-refractivity contribution in [2.75, 3.05) is 6.54 Å². The number of rotatable bonds is 6. The summed E-state index contributed by atoms with van der Waals surface area (Å²) in [5, 5.41) is 4.02. The molecule has 2 aromatic rings. The number of halogens is 2. The molecule has 0 amide bonds. The van der Waals surface area contributed by atoms with Gasteiger partial charge in [-0.2, -0.15) is 0 Å². The molecule has 0 radical (unpaired) electrons. The van der Waals surface area contributed by atoms with Crippen molar-refractivity contribution in [2.24, 2.45) is 0 Å². The van der Waals surface area contributed by atoms with Gasteiger partial charge in [0.15, 0.2) is 0 Å². The summed E-state index contributed by atoms with van der Waals surface area (Å²) >= 11 is 5.98. The molecule has 0 saturated heterocycles. The molecule has 0 aliphatic heterocycles. The van der Waals surface area contributed by atoms with Crippen molar-refractivity contribution in [1.29, 1.82) is 0 Å². The first-order valence-corrected chi connectivity index (χ1v) is 7.63. The van der Waals surface area contributed by atoms with Crippen LogP contribution in [0.2, 0.25) is 5.02 Å². The minimum atomic E-state index is -0.222. The molecule has 1 aromatic heterocycles. The quantitative estimate of drug-likeness (QED) is 0.814. The van der Waals surface area contributed by atoms with E-state index in [4.69, 9.17) is 16.0 Å². The summed E-state index contributed by atoms with van der Waals surface area (Å²) in [5.74, 6) is 1.53. The molecule has 0 spiro atoms. The summed E-state index contributed by atoms with van der Waals surface area (Å²) in [6, 6.07) is 6.73. The van der Waals surface area contributed by atoms with Gasteiger partial charge in [-0.05, 0) is 63.1 Å². The average molecular weight is 310 g/mol. The third-order valence-electron chi connectivity index (χ3n) is 3.53. The van der Waals surface area contributed by atoms with Crippen LogP contribution in [0.1, 0.15) is 42.0 Å². The van der Waals surface area contributed by atoms with Crippen molar-refractivity contribution in [3.63, 3.8) is 0 Å². The molecule has 0 bridgehead atoms. The lowest BCUT2D eigenvalue weighted by molar-refractivity contribution is 0.476. The summed E-state index contributed by atoms with van der Waals surface area (Å²) in [6.45, 7) is 6.85. The fraction of sp³-hybridized carbons (Fsp3) is 0.412. The molecule has 0 aliphatic carbocycles. The summed E-state index contributed by atoms with van der Waals surface area (Å²) < 4.78 is 19.6. The van der Waals surface area contributed by atoms with Crippen molar-refractivity contribution in [2.45, 2.75) is 39.7 Å². The fourth-order valence-electron chi connectivity index (χ4n) is 2.53. The molecule has 0 fully saturated rings. The van der Waals surface area contributed by atoms with Crippen LogP contribution in [-0.4, -0.2) is 6.54 Å². The molecular weight excluding hydrogens is 289 g/mol. The Balaban J connectivity index is 2.28. The lowest BCUT2D eigenvalue weighted by Gasteiger charge is -2.18. The van der Waals surface area contributed by atoms with Gasteiger partial charge in [0, 0.05) is 16.6 Å². The maximum atomic E-state index is 14.0. The molecule has 0 saturated carbocycles. The first-order valence-electron chi connectivity index (χ1n) is 7.25. The largest absolute Gasteiger partial charge is 0.466 e. The van der Waals surface area contributed by atoms with Crippen LogP contribution in [0.25, 0.3) is 0 Å². The number of benzene rings is 1. The van der Waals surface area contributed by atoms with Crippen LogP contribution < -0.4 is 5.32 Å². The number of furan rings is 1. The predicted molar refractivity (Wildman–Crippen MR) is 84.3 cm³/mol. The summed E-state index contributed by atoms with van der Waals surface area (Å²) in [7, 11) is 0. The monoisotopic (exact) mass is 309 g/mol. The second kappa shape index (κ2) is 7.10. The zero-order chi connectivity index (χ0) is 15.4. The Kier molecular flexibility index (Phi) is 5.43. The van der Waals surface area contributed by atoms with Crippen molar-refractivity contribution >= 4 is 11.6 Å². The van der Waals surface area contributed by atoms with Crippen molar-refractivity contribution < 1.29 is 8.81 Å². The van der Waals surface area contributed by atoms with E-state index in [1.54, 1.807) is 12.1 Å². The molecule has 114 valence electrons. The molecule has 1 heterocycles. The van der Waals surface area contributed by atoms with Crippen molar-refractivity contribution in [1.82, 2.24) is 5.32 Å². The van der Waals surface area contributed by atoms with Crippen LogP contribution in [-0.2, 0) is 6.42 Å². The second-order valence-corrected chi connectivity index (χ2v) is 5.75. The standard InChI is InChI=1S/C17H21ClFNO/c1-4-7-20-17(15-8-11(2)21-12(15)3)10-13-9-14(18)5-6-16(13)19/h5-6,8-9,17,20H,4,7,10H2,1-3H3. The summed E-state index contributed by atoms with van der Waals surface area (Å²) in [6.07, 6.45) is 1.57. The van der Waals surface area contributed by atoms with E-state index in [0.29, 0.717) is 17.0 Å². The number of hydrogen-bond donors (Lipinski definition) is 1. The third-order valence-corrected chi connectivity index (χ3v) is 3.76. The van der Waals surface area contributed by atoms with E-state index < -0.39 is 0 Å². The maximum absolute atomic E-state index is 14.0. The average Bonchev–Trinajstić information content (AvgIpc) is 2.77. The minimum absolute atomic E-state index is 0.0235. The van der Waals surface area contributed by atoms with Crippen LogP contribution in [0, 0.1) is 19.7 Å². The Morgan fingerprint density at radius 1 is 1.29 bits per heavy atom. The molecular formula is C17H21ClFNO. The van der Waals surface area contributed by atoms with E-state index in [-0.39, 0.29) is 11.9 Å². The van der Waals surface area contributed by atoms with E-state index >= 15 is 0 Å². The van der Waals surface area contributed by atoms with Crippen molar-refractivity contribution in [3.05, 3.63) is 57.8 Å². The molecule has 1 atom stereocenters. The highest BCUT2D eigenvalue weighted by molar-refractivity contribution is 6.30. The first-order chi connectivity index (χ1) is 10.0. The van der Waals surface area contributed by atoms with E-state index in [1.807, 2.05) is 19.9 Å². The van der Waals surface area contributed by atoms with Gasteiger partial charge >= 0.3 is 0 Å². The van der Waals surface area contributed by atoms with Gasteiger partial charge in [0.2, 0.25) is 0 Å². The number of nitrogens with one attached hydrogen (secondary N) is 1. The zero-order valence-corrected chi connectivity index (χ0v) is 13.4. The van der Waals surface area contributed by atoms with Gasteiger partial charge in [-0.25, -0.2) is 4.39 Å². The van der Waals surface area contributed by atoms with E-state index in [2.05, 4.69) is 12.2 Å². The molecule has 2 nitrogen and oxygen atoms in total. The van der Waals surface area contributed by atoms with Crippen LogP contribution in [0.15, 0.2) is 28.7 Å². The van der Waals surface area contributed by atoms with Crippen LogP contribution in [0.3, 0.4) is 0 Å². The van der Waals surface area contributed by atoms with Crippen LogP contribution >= 0.6 is 11.6 Å². The lowest BCUT2D eigenvalue weighted by Crippen LogP contribution is -2.24. The van der Waals surface area contributed by atoms with E-state index in [0.717, 1.165) is 30.0 Å². The van der Waals surface area contributed by atoms with Gasteiger partial charge in [-0.1, -0.05) is 18.5 Å². The van der Waals surface area contributed by atoms with Gasteiger partial charge < -0.3 is 9.73 Å². The fourth-order valence-corrected chi connectivity index (χ4v) is 2.72. The van der Waals surface area contributed by atoms with Crippen molar-refractivity contribution in [3.8, 4) is 0 Å². The molecule has 1 N–H and O–H groups in total. The van der Waals surface area contributed by atoms with Crippen LogP contribution in [0.5, 0.6) is 0 Å². The molecule has 1 aromatic carbocycles. The highest BCUT2D eigenvalue weighted by Crippen LogP contribution is 2.27. The van der Waals surface area contributed by atoms with Gasteiger partial charge in [-0.15, -0.1) is 0 Å². The first kappa shape index (κ1) is 16.1. The van der Waals surface area contributed by atoms with E-state index in [1.165, 1.54) is 6.07 Å². The smallest absolute Gasteiger partial charge is 0.126 e.